The van der Waals surface area contributed by atoms with Crippen molar-refractivity contribution in [3.8, 4) is 0 Å². The normalized spacial score (nSPS) is 11.2. The van der Waals surface area contributed by atoms with E-state index in [1.54, 1.807) is 6.33 Å². The van der Waals surface area contributed by atoms with Gasteiger partial charge in [0.2, 0.25) is 0 Å². The first-order valence-corrected chi connectivity index (χ1v) is 6.10. The van der Waals surface area contributed by atoms with Crippen molar-refractivity contribution in [1.82, 2.24) is 19.5 Å². The van der Waals surface area contributed by atoms with Gasteiger partial charge in [0.05, 0.1) is 32.8 Å². The third-order valence-electron chi connectivity index (χ3n) is 2.54. The molecule has 0 fully saturated rings. The molecular formula is C11H18N6O2. The van der Waals surface area contributed by atoms with Crippen molar-refractivity contribution >= 4 is 17.0 Å². The van der Waals surface area contributed by atoms with E-state index in [4.69, 9.17) is 20.9 Å². The van der Waals surface area contributed by atoms with Crippen LogP contribution in [0.1, 0.15) is 0 Å². The van der Waals surface area contributed by atoms with Gasteiger partial charge in [-0.05, 0) is 0 Å². The quantitative estimate of drug-likeness (QED) is 0.613. The van der Waals surface area contributed by atoms with Gasteiger partial charge < -0.3 is 25.5 Å². The fourth-order valence-corrected chi connectivity index (χ4v) is 1.63. The molecule has 0 aromatic carbocycles. The highest BCUT2D eigenvalue weighted by Gasteiger charge is 2.06. The molecule has 0 radical (unpaired) electrons. The Morgan fingerprint density at radius 2 is 1.84 bits per heavy atom. The average Bonchev–Trinajstić information content (AvgIpc) is 2.83. The van der Waals surface area contributed by atoms with Crippen molar-refractivity contribution < 1.29 is 9.47 Å². The molecule has 2 rings (SSSR count). The lowest BCUT2D eigenvalue weighted by atomic mass is 10.5. The lowest BCUT2D eigenvalue weighted by Gasteiger charge is -2.06. The highest BCUT2D eigenvalue weighted by atomic mass is 16.5. The molecule has 8 heteroatoms. The smallest absolute Gasteiger partial charge is 0.165 e. The third kappa shape index (κ3) is 3.60. The third-order valence-corrected chi connectivity index (χ3v) is 2.54. The van der Waals surface area contributed by atoms with Crippen molar-refractivity contribution in [2.45, 2.75) is 6.54 Å². The summed E-state index contributed by atoms with van der Waals surface area (Å²) in [5.41, 5.74) is 12.3. The number of hydrogen-bond donors (Lipinski definition) is 2. The summed E-state index contributed by atoms with van der Waals surface area (Å²) in [6.45, 7) is 3.40. The van der Waals surface area contributed by atoms with Crippen LogP contribution in [0.2, 0.25) is 0 Å². The maximum Gasteiger partial charge on any atom is 0.165 e. The van der Waals surface area contributed by atoms with Crippen LogP contribution < -0.4 is 11.5 Å². The highest BCUT2D eigenvalue weighted by Crippen LogP contribution is 2.13. The van der Waals surface area contributed by atoms with Gasteiger partial charge in [0.25, 0.3) is 0 Å². The van der Waals surface area contributed by atoms with Crippen LogP contribution in [0, 0.1) is 0 Å². The maximum absolute atomic E-state index is 5.71. The lowest BCUT2D eigenvalue weighted by molar-refractivity contribution is 0.0479. The fraction of sp³-hybridized carbons (Fsp3) is 0.545. The Bertz CT molecular complexity index is 515. The van der Waals surface area contributed by atoms with Crippen molar-refractivity contribution in [3.05, 3.63) is 12.7 Å². The Labute approximate surface area is 110 Å². The minimum absolute atomic E-state index is 0.389. The van der Waals surface area contributed by atoms with E-state index >= 15 is 0 Å². The van der Waals surface area contributed by atoms with Crippen LogP contribution in [0.15, 0.2) is 12.7 Å². The number of nitrogens with zero attached hydrogens (tertiary/aromatic N) is 4. The van der Waals surface area contributed by atoms with Gasteiger partial charge in [-0.2, -0.15) is 0 Å². The van der Waals surface area contributed by atoms with Crippen LogP contribution in [-0.2, 0) is 16.0 Å². The number of hydrogen-bond acceptors (Lipinski definition) is 7. The number of aromatic nitrogens is 4. The van der Waals surface area contributed by atoms with Crippen LogP contribution in [0.5, 0.6) is 0 Å². The number of nitrogens with two attached hydrogens (primary N) is 2. The van der Waals surface area contributed by atoms with Crippen LogP contribution in [-0.4, -0.2) is 52.5 Å². The minimum Gasteiger partial charge on any atom is -0.382 e. The monoisotopic (exact) mass is 266 g/mol. The maximum atomic E-state index is 5.71. The van der Waals surface area contributed by atoms with Crippen molar-refractivity contribution in [2.75, 3.05) is 38.7 Å². The van der Waals surface area contributed by atoms with E-state index in [-0.39, 0.29) is 0 Å². The van der Waals surface area contributed by atoms with E-state index in [0.29, 0.717) is 50.9 Å². The molecule has 0 saturated heterocycles. The summed E-state index contributed by atoms with van der Waals surface area (Å²) in [6.07, 6.45) is 3.11. The summed E-state index contributed by atoms with van der Waals surface area (Å²) >= 11 is 0. The topological polar surface area (TPSA) is 114 Å². The molecule has 0 atom stereocenters. The molecule has 0 spiro atoms. The molecule has 8 nitrogen and oxygen atoms in total. The van der Waals surface area contributed by atoms with E-state index in [9.17, 15) is 0 Å². The molecule has 19 heavy (non-hydrogen) atoms. The Morgan fingerprint density at radius 3 is 2.63 bits per heavy atom. The number of nitrogen functional groups attached to an aromatic ring is 1. The van der Waals surface area contributed by atoms with Gasteiger partial charge in [-0.3, -0.25) is 0 Å². The number of fused-ring (bicyclic) bond motifs is 1. The standard InChI is InChI=1S/C11H18N6O2/c12-1-3-18-5-6-19-4-2-17-8-16-9-10(13)14-7-15-11(9)17/h7-8H,1-6,12H2,(H2,13,14,15). The van der Waals surface area contributed by atoms with Gasteiger partial charge in [-0.1, -0.05) is 0 Å². The predicted molar refractivity (Wildman–Crippen MR) is 70.4 cm³/mol. The SMILES string of the molecule is NCCOCCOCCn1cnc2c(N)ncnc21. The Hall–Kier alpha value is -1.77. The molecule has 0 aliphatic carbocycles. The molecular weight excluding hydrogens is 248 g/mol. The summed E-state index contributed by atoms with van der Waals surface area (Å²) < 4.78 is 12.5. The average molecular weight is 266 g/mol. The second kappa shape index (κ2) is 6.98. The van der Waals surface area contributed by atoms with Gasteiger partial charge >= 0.3 is 0 Å². The largest absolute Gasteiger partial charge is 0.382 e. The van der Waals surface area contributed by atoms with E-state index in [1.165, 1.54) is 6.33 Å². The molecule has 0 aliphatic heterocycles. The van der Waals surface area contributed by atoms with E-state index in [1.807, 2.05) is 4.57 Å². The minimum atomic E-state index is 0.389. The van der Waals surface area contributed by atoms with Crippen LogP contribution >= 0.6 is 0 Å². The molecule has 2 heterocycles. The van der Waals surface area contributed by atoms with Gasteiger partial charge in [-0.25, -0.2) is 15.0 Å². The lowest BCUT2D eigenvalue weighted by Crippen LogP contribution is -2.13. The molecule has 2 aromatic heterocycles. The zero-order valence-electron chi connectivity index (χ0n) is 10.7. The molecule has 0 bridgehead atoms. The zero-order valence-corrected chi connectivity index (χ0v) is 10.7. The molecule has 0 amide bonds. The second-order valence-corrected chi connectivity index (χ2v) is 3.88. The van der Waals surface area contributed by atoms with E-state index in [2.05, 4.69) is 15.0 Å². The van der Waals surface area contributed by atoms with Gasteiger partial charge in [-0.15, -0.1) is 0 Å². The van der Waals surface area contributed by atoms with Crippen molar-refractivity contribution in [2.24, 2.45) is 5.73 Å². The number of ether oxygens (including phenoxy) is 2. The summed E-state index contributed by atoms with van der Waals surface area (Å²) in [5.74, 6) is 0.389. The summed E-state index contributed by atoms with van der Waals surface area (Å²) in [7, 11) is 0. The zero-order chi connectivity index (χ0) is 13.5. The fourth-order valence-electron chi connectivity index (χ4n) is 1.63. The van der Waals surface area contributed by atoms with Gasteiger partial charge in [0.1, 0.15) is 11.8 Å². The summed E-state index contributed by atoms with van der Waals surface area (Å²) in [4.78, 5) is 12.2. The number of rotatable bonds is 8. The first-order chi connectivity index (χ1) is 9.33. The van der Waals surface area contributed by atoms with Crippen molar-refractivity contribution in [1.29, 1.82) is 0 Å². The first kappa shape index (κ1) is 13.7. The Kier molecular flexibility index (Phi) is 5.01. The summed E-state index contributed by atoms with van der Waals surface area (Å²) in [5, 5.41) is 0. The Balaban J connectivity index is 1.77. The van der Waals surface area contributed by atoms with E-state index < -0.39 is 0 Å². The van der Waals surface area contributed by atoms with Crippen LogP contribution in [0.3, 0.4) is 0 Å². The van der Waals surface area contributed by atoms with Crippen LogP contribution in [0.25, 0.3) is 11.2 Å². The molecule has 0 saturated carbocycles. The van der Waals surface area contributed by atoms with E-state index in [0.717, 1.165) is 5.65 Å². The van der Waals surface area contributed by atoms with Crippen LogP contribution in [0.4, 0.5) is 5.82 Å². The van der Waals surface area contributed by atoms with Crippen molar-refractivity contribution in [3.63, 3.8) is 0 Å². The number of anilines is 1. The molecule has 104 valence electrons. The molecule has 2 aromatic rings. The Morgan fingerprint density at radius 1 is 1.05 bits per heavy atom. The predicted octanol–water partition coefficient (Wildman–Crippen LogP) is -0.600. The van der Waals surface area contributed by atoms with Gasteiger partial charge in [0, 0.05) is 13.1 Å². The first-order valence-electron chi connectivity index (χ1n) is 6.10. The number of imidazole rings is 1. The van der Waals surface area contributed by atoms with Gasteiger partial charge in [0.15, 0.2) is 11.5 Å². The summed E-state index contributed by atoms with van der Waals surface area (Å²) in [6, 6.07) is 0. The molecule has 0 aliphatic rings. The molecule has 4 N–H and O–H groups in total. The molecule has 0 unspecified atom stereocenters. The second-order valence-electron chi connectivity index (χ2n) is 3.88. The highest BCUT2D eigenvalue weighted by molar-refractivity contribution is 5.80.